The molecule has 0 amide bonds. The summed E-state index contributed by atoms with van der Waals surface area (Å²) in [5, 5.41) is 2.24. The molecule has 4 heteroatoms. The fraction of sp³-hybridized carbons (Fsp3) is 0.188. The van der Waals surface area contributed by atoms with E-state index in [-0.39, 0.29) is 0 Å². The summed E-state index contributed by atoms with van der Waals surface area (Å²) in [5.74, 6) is 0.944. The highest BCUT2D eigenvalue weighted by Crippen LogP contribution is 2.42. The zero-order valence-electron chi connectivity index (χ0n) is 11.2. The van der Waals surface area contributed by atoms with Crippen LogP contribution in [-0.4, -0.2) is 23.2 Å². The van der Waals surface area contributed by atoms with E-state index < -0.39 is 0 Å². The second kappa shape index (κ2) is 4.28. The van der Waals surface area contributed by atoms with Crippen molar-refractivity contribution in [1.29, 1.82) is 0 Å². The number of hydrogen-bond acceptors (Lipinski definition) is 4. The Hall–Kier alpha value is -1.94. The van der Waals surface area contributed by atoms with Gasteiger partial charge in [-0.2, -0.15) is 0 Å². The Morgan fingerprint density at radius 1 is 1.40 bits per heavy atom. The van der Waals surface area contributed by atoms with Crippen LogP contribution in [0.1, 0.15) is 11.3 Å². The molecule has 1 aromatic heterocycles. The summed E-state index contributed by atoms with van der Waals surface area (Å²) in [6, 6.07) is 8.42. The van der Waals surface area contributed by atoms with E-state index in [2.05, 4.69) is 34.7 Å². The monoisotopic (exact) mass is 282 g/mol. The first-order chi connectivity index (χ1) is 9.76. The fourth-order valence-electron chi connectivity index (χ4n) is 2.76. The lowest BCUT2D eigenvalue weighted by atomic mass is 10.1. The maximum atomic E-state index is 5.65. The largest absolute Gasteiger partial charge is 0.461 e. The molecule has 0 unspecified atom stereocenters. The van der Waals surface area contributed by atoms with E-state index >= 15 is 0 Å². The molecule has 4 rings (SSSR count). The summed E-state index contributed by atoms with van der Waals surface area (Å²) in [6.45, 7) is 7.74. The third-order valence-electron chi connectivity index (χ3n) is 3.60. The number of rotatable bonds is 2. The van der Waals surface area contributed by atoms with Crippen molar-refractivity contribution in [3.8, 4) is 0 Å². The van der Waals surface area contributed by atoms with E-state index in [0.29, 0.717) is 0 Å². The van der Waals surface area contributed by atoms with Crippen molar-refractivity contribution in [2.45, 2.75) is 6.92 Å². The van der Waals surface area contributed by atoms with Gasteiger partial charge in [-0.1, -0.05) is 12.7 Å². The summed E-state index contributed by atoms with van der Waals surface area (Å²) in [6.07, 6.45) is 1.92. The number of aryl methyl sites for hydroxylation is 1. The second-order valence-electron chi connectivity index (χ2n) is 4.94. The van der Waals surface area contributed by atoms with Gasteiger partial charge >= 0.3 is 0 Å². The molecular weight excluding hydrogens is 268 g/mol. The number of amidine groups is 1. The lowest BCUT2D eigenvalue weighted by Gasteiger charge is -2.17. The number of furan rings is 1. The molecule has 2 aliphatic heterocycles. The van der Waals surface area contributed by atoms with E-state index in [1.165, 1.54) is 16.2 Å². The average molecular weight is 282 g/mol. The number of fused-ring (bicyclic) bond motifs is 2. The van der Waals surface area contributed by atoms with E-state index in [9.17, 15) is 0 Å². The molecule has 2 aromatic rings. The van der Waals surface area contributed by atoms with Crippen LogP contribution in [0.15, 0.2) is 51.2 Å². The van der Waals surface area contributed by atoms with Crippen molar-refractivity contribution >= 4 is 33.6 Å². The molecule has 100 valence electrons. The molecule has 20 heavy (non-hydrogen) atoms. The van der Waals surface area contributed by atoms with Crippen LogP contribution >= 0.6 is 11.8 Å². The Bertz CT molecular complexity index is 785. The maximum absolute atomic E-state index is 5.65. The van der Waals surface area contributed by atoms with Gasteiger partial charge < -0.3 is 9.32 Å². The van der Waals surface area contributed by atoms with Crippen LogP contribution in [0.3, 0.4) is 0 Å². The molecular formula is C16H14N2OS. The van der Waals surface area contributed by atoms with Crippen molar-refractivity contribution in [1.82, 2.24) is 4.90 Å². The summed E-state index contributed by atoms with van der Waals surface area (Å²) in [7, 11) is 0. The Labute approximate surface area is 121 Å². The highest BCUT2D eigenvalue weighted by atomic mass is 32.2. The van der Waals surface area contributed by atoms with Gasteiger partial charge in [-0.05, 0) is 43.0 Å². The number of thioether (sulfide) groups is 1. The van der Waals surface area contributed by atoms with E-state index in [1.807, 2.05) is 19.1 Å². The summed E-state index contributed by atoms with van der Waals surface area (Å²) < 4.78 is 5.65. The normalized spacial score (nSPS) is 17.9. The molecule has 0 saturated carbocycles. The van der Waals surface area contributed by atoms with Crippen LogP contribution in [0.5, 0.6) is 0 Å². The minimum Gasteiger partial charge on any atom is -0.461 e. The van der Waals surface area contributed by atoms with Gasteiger partial charge in [0, 0.05) is 22.4 Å². The molecule has 3 nitrogen and oxygen atoms in total. The first kappa shape index (κ1) is 11.9. The Morgan fingerprint density at radius 2 is 2.30 bits per heavy atom. The lowest BCUT2D eigenvalue weighted by molar-refractivity contribution is 0.578. The van der Waals surface area contributed by atoms with E-state index in [0.717, 1.165) is 35.0 Å². The van der Waals surface area contributed by atoms with Gasteiger partial charge in [-0.15, -0.1) is 0 Å². The smallest absolute Gasteiger partial charge is 0.168 e. The van der Waals surface area contributed by atoms with Crippen molar-refractivity contribution in [2.75, 3.05) is 13.1 Å². The summed E-state index contributed by atoms with van der Waals surface area (Å²) in [4.78, 5) is 8.01. The molecule has 0 N–H and O–H groups in total. The van der Waals surface area contributed by atoms with Crippen LogP contribution in [-0.2, 0) is 0 Å². The number of aliphatic imine (C=N–C) groups is 1. The lowest BCUT2D eigenvalue weighted by Crippen LogP contribution is -2.19. The van der Waals surface area contributed by atoms with Crippen LogP contribution in [0.4, 0.5) is 0 Å². The average Bonchev–Trinajstić information content (AvgIpc) is 3.08. The predicted octanol–water partition coefficient (Wildman–Crippen LogP) is 4.01. The molecule has 0 saturated heterocycles. The Morgan fingerprint density at radius 3 is 3.15 bits per heavy atom. The quantitative estimate of drug-likeness (QED) is 0.833. The molecule has 0 radical (unpaired) electrons. The Balaban J connectivity index is 1.88. The van der Waals surface area contributed by atoms with Crippen LogP contribution in [0.2, 0.25) is 0 Å². The zero-order valence-corrected chi connectivity index (χ0v) is 12.0. The first-order valence-electron chi connectivity index (χ1n) is 6.63. The van der Waals surface area contributed by atoms with Crippen LogP contribution in [0, 0.1) is 6.92 Å². The number of nitrogens with zero attached hydrogens (tertiary/aromatic N) is 2. The van der Waals surface area contributed by atoms with Crippen LogP contribution in [0.25, 0.3) is 16.7 Å². The van der Waals surface area contributed by atoms with Gasteiger partial charge in [0.2, 0.25) is 0 Å². The van der Waals surface area contributed by atoms with Crippen LogP contribution < -0.4 is 0 Å². The van der Waals surface area contributed by atoms with Gasteiger partial charge in [0.1, 0.15) is 11.3 Å². The number of allylic oxidation sites excluding steroid dienone is 1. The number of benzene rings is 1. The zero-order chi connectivity index (χ0) is 13.7. The summed E-state index contributed by atoms with van der Waals surface area (Å²) in [5.41, 5.74) is 3.36. The third-order valence-corrected chi connectivity index (χ3v) is 4.72. The third kappa shape index (κ3) is 1.64. The minimum absolute atomic E-state index is 0.878. The van der Waals surface area contributed by atoms with Gasteiger partial charge in [-0.3, -0.25) is 4.99 Å². The molecule has 0 atom stereocenters. The molecule has 0 bridgehead atoms. The van der Waals surface area contributed by atoms with Gasteiger partial charge in [0.15, 0.2) is 5.17 Å². The first-order valence-corrected chi connectivity index (χ1v) is 7.45. The van der Waals surface area contributed by atoms with Crippen molar-refractivity contribution in [3.63, 3.8) is 0 Å². The fourth-order valence-corrected chi connectivity index (χ4v) is 3.81. The molecule has 3 heterocycles. The van der Waals surface area contributed by atoms with Crippen molar-refractivity contribution < 1.29 is 4.42 Å². The molecule has 0 fully saturated rings. The van der Waals surface area contributed by atoms with E-state index in [4.69, 9.17) is 4.42 Å². The Kier molecular flexibility index (Phi) is 2.54. The van der Waals surface area contributed by atoms with Gasteiger partial charge in [0.05, 0.1) is 12.2 Å². The highest BCUT2D eigenvalue weighted by molar-refractivity contribution is 8.17. The highest BCUT2D eigenvalue weighted by Gasteiger charge is 2.31. The second-order valence-corrected chi connectivity index (χ2v) is 5.95. The molecule has 2 aliphatic rings. The molecule has 0 spiro atoms. The SMILES string of the molecule is C=CC1=C(c2ccc3oc(C)cc3c2)N2CCN=C2S1. The van der Waals surface area contributed by atoms with Crippen molar-refractivity contribution in [2.24, 2.45) is 4.99 Å². The van der Waals surface area contributed by atoms with Gasteiger partial charge in [0.25, 0.3) is 0 Å². The summed E-state index contributed by atoms with van der Waals surface area (Å²) >= 11 is 1.71. The predicted molar refractivity (Wildman–Crippen MR) is 84.7 cm³/mol. The molecule has 0 aliphatic carbocycles. The van der Waals surface area contributed by atoms with Gasteiger partial charge in [-0.25, -0.2) is 0 Å². The topological polar surface area (TPSA) is 28.7 Å². The maximum Gasteiger partial charge on any atom is 0.168 e. The number of hydrogen-bond donors (Lipinski definition) is 0. The minimum atomic E-state index is 0.878. The van der Waals surface area contributed by atoms with E-state index in [1.54, 1.807) is 11.8 Å². The van der Waals surface area contributed by atoms with Crippen molar-refractivity contribution in [3.05, 3.63) is 53.1 Å². The standard InChI is InChI=1S/C16H14N2OS/c1-3-14-15(18-7-6-17-16(18)20-14)11-4-5-13-12(9-11)8-10(2)19-13/h3-5,8-9H,1,6-7H2,2H3. The molecule has 1 aromatic carbocycles.